The third kappa shape index (κ3) is 3.47. The summed E-state index contributed by atoms with van der Waals surface area (Å²) in [6.45, 7) is 0.491. The molecule has 0 saturated heterocycles. The summed E-state index contributed by atoms with van der Waals surface area (Å²) < 4.78 is 20.3. The van der Waals surface area contributed by atoms with Gasteiger partial charge in [-0.15, -0.1) is 0 Å². The number of hydrogen-bond acceptors (Lipinski definition) is 2. The summed E-state index contributed by atoms with van der Waals surface area (Å²) in [5.74, 6) is 0.119. The van der Waals surface area contributed by atoms with Crippen molar-refractivity contribution in [3.8, 4) is 11.5 Å². The van der Waals surface area contributed by atoms with Gasteiger partial charge in [-0.3, -0.25) is 0 Å². The molecule has 0 aromatic heterocycles. The number of halogens is 3. The van der Waals surface area contributed by atoms with E-state index in [1.165, 1.54) is 12.1 Å². The zero-order valence-corrected chi connectivity index (χ0v) is 12.3. The first-order valence-corrected chi connectivity index (χ1v) is 6.89. The van der Waals surface area contributed by atoms with Crippen LogP contribution in [0.25, 0.3) is 0 Å². The van der Waals surface area contributed by atoms with Gasteiger partial charge in [0.05, 0.1) is 5.02 Å². The molecule has 2 N–H and O–H groups in total. The number of rotatable bonds is 4. The molecule has 100 valence electrons. The maximum atomic E-state index is 13.8. The highest BCUT2D eigenvalue weighted by atomic mass is 79.9. The summed E-state index contributed by atoms with van der Waals surface area (Å²) in [6.07, 6.45) is 0.650. The molecule has 2 aromatic rings. The molecule has 0 amide bonds. The van der Waals surface area contributed by atoms with Gasteiger partial charge < -0.3 is 10.5 Å². The van der Waals surface area contributed by atoms with Crippen molar-refractivity contribution >= 4 is 27.5 Å². The van der Waals surface area contributed by atoms with E-state index < -0.39 is 5.82 Å². The van der Waals surface area contributed by atoms with Crippen molar-refractivity contribution in [3.63, 3.8) is 0 Å². The number of benzene rings is 2. The van der Waals surface area contributed by atoms with Crippen molar-refractivity contribution in [2.45, 2.75) is 6.42 Å². The van der Waals surface area contributed by atoms with E-state index >= 15 is 0 Å². The van der Waals surface area contributed by atoms with Crippen LogP contribution in [0.5, 0.6) is 11.5 Å². The monoisotopic (exact) mass is 343 g/mol. The largest absolute Gasteiger partial charge is 0.454 e. The third-order valence-electron chi connectivity index (χ3n) is 2.57. The van der Waals surface area contributed by atoms with Crippen molar-refractivity contribution < 1.29 is 9.13 Å². The van der Waals surface area contributed by atoms with Gasteiger partial charge in [0.25, 0.3) is 0 Å². The fourth-order valence-electron chi connectivity index (χ4n) is 1.68. The first-order valence-electron chi connectivity index (χ1n) is 5.72. The summed E-state index contributed by atoms with van der Waals surface area (Å²) in [6, 6.07) is 10.2. The Labute approximate surface area is 124 Å². The number of nitrogens with two attached hydrogens (primary N) is 1. The molecule has 0 bridgehead atoms. The lowest BCUT2D eigenvalue weighted by Gasteiger charge is -2.12. The molecule has 0 saturated carbocycles. The Balaban J connectivity index is 2.35. The molecular formula is C14H12BrClFNO. The molecule has 0 atom stereocenters. The van der Waals surface area contributed by atoms with E-state index in [0.29, 0.717) is 18.7 Å². The molecule has 2 nitrogen and oxygen atoms in total. The predicted molar refractivity (Wildman–Crippen MR) is 78.4 cm³/mol. The molecule has 0 radical (unpaired) electrons. The van der Waals surface area contributed by atoms with E-state index in [1.54, 1.807) is 12.1 Å². The van der Waals surface area contributed by atoms with Gasteiger partial charge in [0.2, 0.25) is 0 Å². The molecule has 0 aliphatic carbocycles. The second-order valence-corrected chi connectivity index (χ2v) is 5.27. The Morgan fingerprint density at radius 1 is 1.21 bits per heavy atom. The highest BCUT2D eigenvalue weighted by molar-refractivity contribution is 9.10. The van der Waals surface area contributed by atoms with E-state index in [9.17, 15) is 4.39 Å². The Hall–Kier alpha value is -1.10. The first kappa shape index (κ1) is 14.3. The van der Waals surface area contributed by atoms with Gasteiger partial charge in [-0.2, -0.15) is 0 Å². The van der Waals surface area contributed by atoms with Crippen molar-refractivity contribution in [3.05, 3.63) is 57.3 Å². The van der Waals surface area contributed by atoms with E-state index in [0.717, 1.165) is 10.0 Å². The molecule has 0 heterocycles. The fourth-order valence-corrected chi connectivity index (χ4v) is 2.25. The molecule has 2 aromatic carbocycles. The van der Waals surface area contributed by atoms with Gasteiger partial charge in [-0.05, 0) is 48.9 Å². The summed E-state index contributed by atoms with van der Waals surface area (Å²) in [5, 5.41) is 0.0370. The Morgan fingerprint density at radius 2 is 2.00 bits per heavy atom. The van der Waals surface area contributed by atoms with Gasteiger partial charge in [0, 0.05) is 4.47 Å². The van der Waals surface area contributed by atoms with Crippen molar-refractivity contribution in [2.24, 2.45) is 5.73 Å². The highest BCUT2D eigenvalue weighted by Crippen LogP contribution is 2.32. The lowest BCUT2D eigenvalue weighted by Crippen LogP contribution is -2.04. The van der Waals surface area contributed by atoms with Gasteiger partial charge >= 0.3 is 0 Å². The van der Waals surface area contributed by atoms with Crippen LogP contribution in [0.1, 0.15) is 5.56 Å². The topological polar surface area (TPSA) is 35.2 Å². The average molecular weight is 345 g/mol. The minimum atomic E-state index is -0.564. The van der Waals surface area contributed by atoms with Crippen LogP contribution in [0.3, 0.4) is 0 Å². The minimum Gasteiger partial charge on any atom is -0.454 e. The van der Waals surface area contributed by atoms with Crippen LogP contribution in [0, 0.1) is 5.82 Å². The van der Waals surface area contributed by atoms with Gasteiger partial charge in [0.1, 0.15) is 5.75 Å². The smallest absolute Gasteiger partial charge is 0.184 e. The molecule has 0 unspecified atom stereocenters. The van der Waals surface area contributed by atoms with E-state index in [4.69, 9.17) is 22.1 Å². The molecule has 5 heteroatoms. The molecule has 2 rings (SSSR count). The van der Waals surface area contributed by atoms with Gasteiger partial charge in [-0.1, -0.05) is 33.6 Å². The predicted octanol–water partition coefficient (Wildman–Crippen LogP) is 4.54. The van der Waals surface area contributed by atoms with Crippen molar-refractivity contribution in [1.29, 1.82) is 0 Å². The van der Waals surface area contributed by atoms with Crippen molar-refractivity contribution in [1.82, 2.24) is 0 Å². The zero-order chi connectivity index (χ0) is 13.8. The Bertz CT molecular complexity index is 592. The van der Waals surface area contributed by atoms with Gasteiger partial charge in [-0.25, -0.2) is 4.39 Å². The molecule has 0 aliphatic rings. The maximum absolute atomic E-state index is 13.8. The lowest BCUT2D eigenvalue weighted by atomic mass is 10.1. The zero-order valence-electron chi connectivity index (χ0n) is 10.00. The second kappa shape index (κ2) is 6.37. The van der Waals surface area contributed by atoms with Crippen LogP contribution >= 0.6 is 27.5 Å². The molecule has 0 aliphatic heterocycles. The SMILES string of the molecule is NCCc1cc(Br)ccc1Oc1cccc(Cl)c1F. The summed E-state index contributed by atoms with van der Waals surface area (Å²) in [5.41, 5.74) is 6.47. The molecule has 0 fully saturated rings. The molecule has 19 heavy (non-hydrogen) atoms. The standard InChI is InChI=1S/C14H12BrClFNO/c15-10-4-5-12(9(8-10)6-7-18)19-13-3-1-2-11(16)14(13)17/h1-5,8H,6-7,18H2. The average Bonchev–Trinajstić information content (AvgIpc) is 2.38. The fraction of sp³-hybridized carbons (Fsp3) is 0.143. The Morgan fingerprint density at radius 3 is 2.74 bits per heavy atom. The lowest BCUT2D eigenvalue weighted by molar-refractivity contribution is 0.438. The van der Waals surface area contributed by atoms with E-state index in [2.05, 4.69) is 15.9 Å². The first-order chi connectivity index (χ1) is 9.11. The van der Waals surface area contributed by atoms with Gasteiger partial charge in [0.15, 0.2) is 11.6 Å². The number of hydrogen-bond donors (Lipinski definition) is 1. The maximum Gasteiger partial charge on any atom is 0.184 e. The van der Waals surface area contributed by atoms with Crippen LogP contribution in [0.2, 0.25) is 5.02 Å². The summed E-state index contributed by atoms with van der Waals surface area (Å²) >= 11 is 9.11. The minimum absolute atomic E-state index is 0.0370. The third-order valence-corrected chi connectivity index (χ3v) is 3.36. The number of ether oxygens (including phenoxy) is 1. The van der Waals surface area contributed by atoms with Crippen LogP contribution in [-0.2, 0) is 6.42 Å². The summed E-state index contributed by atoms with van der Waals surface area (Å²) in [4.78, 5) is 0. The van der Waals surface area contributed by atoms with E-state index in [-0.39, 0.29) is 10.8 Å². The molecule has 0 spiro atoms. The van der Waals surface area contributed by atoms with Crippen LogP contribution in [0.4, 0.5) is 4.39 Å². The second-order valence-electron chi connectivity index (χ2n) is 3.94. The van der Waals surface area contributed by atoms with Crippen LogP contribution < -0.4 is 10.5 Å². The van der Waals surface area contributed by atoms with E-state index in [1.807, 2.05) is 12.1 Å². The quantitative estimate of drug-likeness (QED) is 0.884. The van der Waals surface area contributed by atoms with Crippen LogP contribution in [-0.4, -0.2) is 6.54 Å². The highest BCUT2D eigenvalue weighted by Gasteiger charge is 2.11. The van der Waals surface area contributed by atoms with Crippen molar-refractivity contribution in [2.75, 3.05) is 6.54 Å². The van der Waals surface area contributed by atoms with Crippen LogP contribution in [0.15, 0.2) is 40.9 Å². The Kier molecular flexibility index (Phi) is 4.80. The normalized spacial score (nSPS) is 10.5. The molecular weight excluding hydrogens is 333 g/mol. The summed E-state index contributed by atoms with van der Waals surface area (Å²) in [7, 11) is 0.